The Morgan fingerprint density at radius 1 is 1.15 bits per heavy atom. The smallest absolute Gasteiger partial charge is 0.193 e. The van der Waals surface area contributed by atoms with Crippen LogP contribution in [-0.4, -0.2) is 68.7 Å². The summed E-state index contributed by atoms with van der Waals surface area (Å²) in [5, 5.41) is 3.41. The summed E-state index contributed by atoms with van der Waals surface area (Å²) in [5.74, 6) is 3.60. The summed E-state index contributed by atoms with van der Waals surface area (Å²) in [6.45, 7) is 11.7. The molecule has 0 aromatic heterocycles. The number of benzene rings is 1. The molecule has 0 aliphatic carbocycles. The summed E-state index contributed by atoms with van der Waals surface area (Å²) in [6.07, 6.45) is 0.997. The SMILES string of the molecule is CC1CN(CCOc2ccc(CCNC3=NCCN3C)cc2)CC1C.I. The normalized spacial score (nSPS) is 22.9. The molecule has 2 aliphatic heterocycles. The van der Waals surface area contributed by atoms with Gasteiger partial charge in [0.15, 0.2) is 5.96 Å². The first kappa shape index (κ1) is 21.3. The molecule has 1 fully saturated rings. The molecule has 0 amide bonds. The van der Waals surface area contributed by atoms with E-state index in [9.17, 15) is 0 Å². The topological polar surface area (TPSA) is 40.1 Å². The van der Waals surface area contributed by atoms with E-state index in [1.807, 2.05) is 0 Å². The van der Waals surface area contributed by atoms with Crippen molar-refractivity contribution in [3.05, 3.63) is 29.8 Å². The lowest BCUT2D eigenvalue weighted by Gasteiger charge is -2.16. The molecule has 2 unspecified atom stereocenters. The number of hydrogen-bond donors (Lipinski definition) is 1. The Kier molecular flexibility index (Phi) is 8.47. The van der Waals surface area contributed by atoms with Crippen LogP contribution in [0, 0.1) is 11.8 Å². The number of hydrogen-bond acceptors (Lipinski definition) is 5. The van der Waals surface area contributed by atoms with Crippen molar-refractivity contribution < 1.29 is 4.74 Å². The Balaban J connectivity index is 0.00000243. The molecule has 1 aromatic rings. The minimum Gasteiger partial charge on any atom is -0.492 e. The van der Waals surface area contributed by atoms with E-state index < -0.39 is 0 Å². The van der Waals surface area contributed by atoms with Crippen LogP contribution in [-0.2, 0) is 6.42 Å². The molecular formula is C20H33IN4O. The van der Waals surface area contributed by atoms with Crippen molar-refractivity contribution in [3.8, 4) is 5.75 Å². The van der Waals surface area contributed by atoms with Gasteiger partial charge in [-0.1, -0.05) is 26.0 Å². The van der Waals surface area contributed by atoms with Gasteiger partial charge >= 0.3 is 0 Å². The summed E-state index contributed by atoms with van der Waals surface area (Å²) >= 11 is 0. The molecule has 2 atom stereocenters. The van der Waals surface area contributed by atoms with Gasteiger partial charge in [0.1, 0.15) is 12.4 Å². The van der Waals surface area contributed by atoms with Gasteiger partial charge in [-0.25, -0.2) is 0 Å². The van der Waals surface area contributed by atoms with Crippen LogP contribution in [0.25, 0.3) is 0 Å². The van der Waals surface area contributed by atoms with Gasteiger partial charge in [0.2, 0.25) is 0 Å². The quantitative estimate of drug-likeness (QED) is 0.620. The van der Waals surface area contributed by atoms with Crippen LogP contribution in [0.4, 0.5) is 0 Å². The minimum absolute atomic E-state index is 0. The van der Waals surface area contributed by atoms with Crippen LogP contribution in [0.15, 0.2) is 29.3 Å². The average molecular weight is 472 g/mol. The molecule has 0 bridgehead atoms. The predicted octanol–water partition coefficient (Wildman–Crippen LogP) is 2.70. The molecule has 2 aliphatic rings. The maximum Gasteiger partial charge on any atom is 0.193 e. The second-order valence-corrected chi connectivity index (χ2v) is 7.51. The highest BCUT2D eigenvalue weighted by molar-refractivity contribution is 14.0. The van der Waals surface area contributed by atoms with Crippen molar-refractivity contribution in [2.24, 2.45) is 16.8 Å². The maximum absolute atomic E-state index is 5.91. The standard InChI is InChI=1S/C20H32N4O.HI/c1-16-14-24(15-17(16)2)12-13-25-19-6-4-18(5-7-19)8-9-21-20-22-10-11-23(20)3;/h4-7,16-17H,8-15H2,1-3H3,(H,21,22);1H. The van der Waals surface area contributed by atoms with Gasteiger partial charge in [0.25, 0.3) is 0 Å². The van der Waals surface area contributed by atoms with Crippen LogP contribution in [0.5, 0.6) is 5.75 Å². The van der Waals surface area contributed by atoms with E-state index in [4.69, 9.17) is 4.74 Å². The monoisotopic (exact) mass is 472 g/mol. The number of guanidine groups is 1. The van der Waals surface area contributed by atoms with Crippen LogP contribution in [0.1, 0.15) is 19.4 Å². The van der Waals surface area contributed by atoms with E-state index in [0.717, 1.165) is 62.8 Å². The summed E-state index contributed by atoms with van der Waals surface area (Å²) < 4.78 is 5.91. The fourth-order valence-electron chi connectivity index (χ4n) is 3.52. The average Bonchev–Trinajstić information content (AvgIpc) is 3.15. The Morgan fingerprint density at radius 2 is 1.85 bits per heavy atom. The molecule has 3 rings (SSSR count). The van der Waals surface area contributed by atoms with E-state index in [1.54, 1.807) is 0 Å². The summed E-state index contributed by atoms with van der Waals surface area (Å²) in [7, 11) is 2.08. The zero-order valence-corrected chi connectivity index (χ0v) is 18.6. The fraction of sp³-hybridized carbons (Fsp3) is 0.650. The van der Waals surface area contributed by atoms with Crippen molar-refractivity contribution in [3.63, 3.8) is 0 Å². The number of aliphatic imine (C=N–C) groups is 1. The number of rotatable bonds is 7. The summed E-state index contributed by atoms with van der Waals surface area (Å²) in [4.78, 5) is 9.12. The van der Waals surface area contributed by atoms with Crippen molar-refractivity contribution in [1.29, 1.82) is 0 Å². The first-order chi connectivity index (χ1) is 12.1. The maximum atomic E-state index is 5.91. The number of nitrogens with zero attached hydrogens (tertiary/aromatic N) is 3. The van der Waals surface area contributed by atoms with Crippen LogP contribution >= 0.6 is 24.0 Å². The Labute approximate surface area is 175 Å². The third-order valence-electron chi connectivity index (χ3n) is 5.42. The number of likely N-dealkylation sites (tertiary alicyclic amines) is 1. The molecule has 5 nitrogen and oxygen atoms in total. The number of likely N-dealkylation sites (N-methyl/N-ethyl adjacent to an activating group) is 1. The molecule has 1 saturated heterocycles. The lowest BCUT2D eigenvalue weighted by molar-refractivity contribution is 0.232. The highest BCUT2D eigenvalue weighted by atomic mass is 127. The molecule has 0 radical (unpaired) electrons. The third-order valence-corrected chi connectivity index (χ3v) is 5.42. The highest BCUT2D eigenvalue weighted by Crippen LogP contribution is 2.21. The number of nitrogens with one attached hydrogen (secondary N) is 1. The van der Waals surface area contributed by atoms with Crippen molar-refractivity contribution in [2.75, 3.05) is 52.9 Å². The zero-order chi connectivity index (χ0) is 17.6. The Hall–Kier alpha value is -1.02. The molecule has 2 heterocycles. The van der Waals surface area contributed by atoms with E-state index in [-0.39, 0.29) is 24.0 Å². The van der Waals surface area contributed by atoms with Gasteiger partial charge in [-0.3, -0.25) is 9.89 Å². The largest absolute Gasteiger partial charge is 0.492 e. The Morgan fingerprint density at radius 3 is 2.46 bits per heavy atom. The molecule has 0 saturated carbocycles. The fourth-order valence-corrected chi connectivity index (χ4v) is 3.52. The second kappa shape index (κ2) is 10.3. The van der Waals surface area contributed by atoms with E-state index in [0.29, 0.717) is 0 Å². The van der Waals surface area contributed by atoms with Gasteiger partial charge in [0.05, 0.1) is 6.54 Å². The lowest BCUT2D eigenvalue weighted by Crippen LogP contribution is -2.36. The number of halogens is 1. The van der Waals surface area contributed by atoms with Gasteiger partial charge in [0, 0.05) is 39.8 Å². The molecule has 1 aromatic carbocycles. The molecule has 26 heavy (non-hydrogen) atoms. The zero-order valence-electron chi connectivity index (χ0n) is 16.3. The van der Waals surface area contributed by atoms with Crippen LogP contribution < -0.4 is 10.1 Å². The lowest BCUT2D eigenvalue weighted by atomic mass is 10.0. The van der Waals surface area contributed by atoms with E-state index >= 15 is 0 Å². The third kappa shape index (κ3) is 6.01. The van der Waals surface area contributed by atoms with Gasteiger partial charge < -0.3 is 15.0 Å². The molecular weight excluding hydrogens is 439 g/mol. The van der Waals surface area contributed by atoms with Gasteiger partial charge in [-0.2, -0.15) is 0 Å². The first-order valence-electron chi connectivity index (χ1n) is 9.55. The highest BCUT2D eigenvalue weighted by Gasteiger charge is 2.25. The van der Waals surface area contributed by atoms with Gasteiger partial charge in [-0.15, -0.1) is 24.0 Å². The summed E-state index contributed by atoms with van der Waals surface area (Å²) in [5.41, 5.74) is 1.32. The molecule has 0 spiro atoms. The minimum atomic E-state index is 0. The van der Waals surface area contributed by atoms with E-state index in [2.05, 4.69) is 65.3 Å². The van der Waals surface area contributed by atoms with Crippen LogP contribution in [0.2, 0.25) is 0 Å². The second-order valence-electron chi connectivity index (χ2n) is 7.51. The molecule has 146 valence electrons. The van der Waals surface area contributed by atoms with Crippen LogP contribution in [0.3, 0.4) is 0 Å². The molecule has 1 N–H and O–H groups in total. The molecule has 6 heteroatoms. The van der Waals surface area contributed by atoms with Crippen molar-refractivity contribution in [1.82, 2.24) is 15.1 Å². The number of ether oxygens (including phenoxy) is 1. The van der Waals surface area contributed by atoms with E-state index in [1.165, 1.54) is 18.7 Å². The van der Waals surface area contributed by atoms with Crippen molar-refractivity contribution >= 4 is 29.9 Å². The Bertz CT molecular complexity index is 568. The summed E-state index contributed by atoms with van der Waals surface area (Å²) in [6, 6.07) is 8.50. The first-order valence-corrected chi connectivity index (χ1v) is 9.55. The predicted molar refractivity (Wildman–Crippen MR) is 119 cm³/mol. The van der Waals surface area contributed by atoms with Crippen molar-refractivity contribution in [2.45, 2.75) is 20.3 Å². The van der Waals surface area contributed by atoms with Gasteiger partial charge in [-0.05, 0) is 36.0 Å².